The monoisotopic (exact) mass is 232 g/mol. The van der Waals surface area contributed by atoms with Gasteiger partial charge in [-0.1, -0.05) is 24.3 Å². The number of carboxylic acids is 1. The number of hydrazone groups is 1. The molecule has 0 saturated carbocycles. The fourth-order valence-corrected chi connectivity index (χ4v) is 1.22. The molecule has 1 aromatic carbocycles. The van der Waals surface area contributed by atoms with Gasteiger partial charge in [-0.05, 0) is 11.6 Å². The van der Waals surface area contributed by atoms with Crippen molar-refractivity contribution in [2.24, 2.45) is 16.7 Å². The summed E-state index contributed by atoms with van der Waals surface area (Å²) < 4.78 is 0. The van der Waals surface area contributed by atoms with Crippen LogP contribution in [0.15, 0.2) is 35.4 Å². The second-order valence-electron chi connectivity index (χ2n) is 3.18. The van der Waals surface area contributed by atoms with E-state index < -0.39 is 5.97 Å². The van der Waals surface area contributed by atoms with Gasteiger partial charge in [-0.2, -0.15) is 5.10 Å². The first kappa shape index (κ1) is 12.4. The molecule has 0 fully saturated rings. The van der Waals surface area contributed by atoms with E-state index in [4.69, 9.17) is 22.1 Å². The lowest BCUT2D eigenvalue weighted by Crippen LogP contribution is -2.24. The molecule has 0 spiro atoms. The van der Waals surface area contributed by atoms with Gasteiger partial charge in [0.2, 0.25) is 0 Å². The second kappa shape index (κ2) is 5.45. The molecule has 0 aliphatic heterocycles. The van der Waals surface area contributed by atoms with Gasteiger partial charge in [0.05, 0.1) is 0 Å². The van der Waals surface area contributed by atoms with Gasteiger partial charge in [-0.15, -0.1) is 0 Å². The summed E-state index contributed by atoms with van der Waals surface area (Å²) in [6.07, 6.45) is 2.50. The van der Waals surface area contributed by atoms with Gasteiger partial charge in [0.1, 0.15) is 11.5 Å². The van der Waals surface area contributed by atoms with Crippen molar-refractivity contribution in [1.29, 1.82) is 5.41 Å². The summed E-state index contributed by atoms with van der Waals surface area (Å²) in [5.74, 6) is 3.88. The van der Waals surface area contributed by atoms with Gasteiger partial charge in [0, 0.05) is 11.6 Å². The van der Waals surface area contributed by atoms with Crippen LogP contribution in [-0.2, 0) is 4.79 Å². The molecule has 1 aromatic rings. The van der Waals surface area contributed by atoms with Crippen LogP contribution in [0.1, 0.15) is 11.1 Å². The third kappa shape index (κ3) is 3.45. The number of hydrogen-bond donors (Lipinski definition) is 4. The number of carboxylic acid groups (broad SMARTS) is 1. The van der Waals surface area contributed by atoms with Crippen molar-refractivity contribution < 1.29 is 9.90 Å². The molecule has 0 atom stereocenters. The molecule has 0 unspecified atom stereocenters. The third-order valence-corrected chi connectivity index (χ3v) is 1.99. The first-order valence-corrected chi connectivity index (χ1v) is 4.68. The molecule has 1 rings (SSSR count). The second-order valence-corrected chi connectivity index (χ2v) is 3.18. The van der Waals surface area contributed by atoms with Crippen LogP contribution in [0.4, 0.5) is 0 Å². The number of rotatable bonds is 4. The normalized spacial score (nSPS) is 11.6. The number of aliphatic carboxylic acids is 1. The van der Waals surface area contributed by atoms with Crippen LogP contribution in [0.5, 0.6) is 0 Å². The van der Waals surface area contributed by atoms with Crippen LogP contribution < -0.4 is 11.6 Å². The lowest BCUT2D eigenvalue weighted by atomic mass is 10.1. The molecule has 0 amide bonds. The molecule has 0 aromatic heterocycles. The Hall–Kier alpha value is -2.63. The zero-order chi connectivity index (χ0) is 12.8. The van der Waals surface area contributed by atoms with Crippen molar-refractivity contribution in [2.45, 2.75) is 0 Å². The molecule has 0 aliphatic rings. The zero-order valence-electron chi connectivity index (χ0n) is 8.92. The van der Waals surface area contributed by atoms with Gasteiger partial charge in [0.25, 0.3) is 0 Å². The number of nitrogens with two attached hydrogens (primary N) is 2. The summed E-state index contributed by atoms with van der Waals surface area (Å²) in [6.45, 7) is 0. The fraction of sp³-hybridized carbons (Fsp3) is 0. The summed E-state index contributed by atoms with van der Waals surface area (Å²) in [6, 6.07) is 6.69. The highest BCUT2D eigenvalue weighted by atomic mass is 16.4. The van der Waals surface area contributed by atoms with Crippen molar-refractivity contribution in [3.63, 3.8) is 0 Å². The summed E-state index contributed by atoms with van der Waals surface area (Å²) in [4.78, 5) is 10.3. The highest BCUT2D eigenvalue weighted by Gasteiger charge is 2.05. The highest BCUT2D eigenvalue weighted by molar-refractivity contribution is 6.45. The smallest absolute Gasteiger partial charge is 0.328 e. The number of amidine groups is 1. The Balaban J connectivity index is 2.95. The molecule has 0 radical (unpaired) electrons. The van der Waals surface area contributed by atoms with E-state index in [1.807, 2.05) is 0 Å². The highest BCUT2D eigenvalue weighted by Crippen LogP contribution is 2.07. The molecule has 88 valence electrons. The minimum Gasteiger partial charge on any atom is -0.478 e. The summed E-state index contributed by atoms with van der Waals surface area (Å²) in [7, 11) is 0. The summed E-state index contributed by atoms with van der Waals surface area (Å²) >= 11 is 0. The average molecular weight is 232 g/mol. The molecule has 0 saturated heterocycles. The van der Waals surface area contributed by atoms with Crippen molar-refractivity contribution in [1.82, 2.24) is 0 Å². The molecule has 0 bridgehead atoms. The Morgan fingerprint density at radius 2 is 1.94 bits per heavy atom. The minimum absolute atomic E-state index is 0.193. The molecular formula is C11H12N4O2. The van der Waals surface area contributed by atoms with Gasteiger partial charge in [-0.25, -0.2) is 4.79 Å². The van der Waals surface area contributed by atoms with Crippen LogP contribution in [-0.4, -0.2) is 22.6 Å². The van der Waals surface area contributed by atoms with Gasteiger partial charge < -0.3 is 16.7 Å². The van der Waals surface area contributed by atoms with Crippen LogP contribution >= 0.6 is 0 Å². The van der Waals surface area contributed by atoms with E-state index in [0.29, 0.717) is 5.56 Å². The van der Waals surface area contributed by atoms with E-state index >= 15 is 0 Å². The minimum atomic E-state index is -1.01. The molecule has 6 nitrogen and oxygen atoms in total. The Kier molecular flexibility index (Phi) is 3.99. The van der Waals surface area contributed by atoms with E-state index in [0.717, 1.165) is 11.6 Å². The van der Waals surface area contributed by atoms with Crippen LogP contribution in [0.3, 0.4) is 0 Å². The number of carbonyl (C=O) groups is 1. The van der Waals surface area contributed by atoms with Gasteiger partial charge >= 0.3 is 5.97 Å². The SMILES string of the molecule is N=C(N)C(=NN)c1ccc(C=CC(=O)O)cc1. The maximum Gasteiger partial charge on any atom is 0.328 e. The van der Waals surface area contributed by atoms with Crippen molar-refractivity contribution >= 4 is 23.6 Å². The Morgan fingerprint density at radius 1 is 1.35 bits per heavy atom. The fourth-order valence-electron chi connectivity index (χ4n) is 1.22. The van der Waals surface area contributed by atoms with Crippen molar-refractivity contribution in [2.75, 3.05) is 0 Å². The number of hydrogen-bond acceptors (Lipinski definition) is 4. The van der Waals surface area contributed by atoms with Gasteiger partial charge in [-0.3, -0.25) is 5.41 Å². The maximum absolute atomic E-state index is 10.3. The number of nitrogens with zero attached hydrogens (tertiary/aromatic N) is 1. The molecular weight excluding hydrogens is 220 g/mol. The summed E-state index contributed by atoms with van der Waals surface area (Å²) in [5, 5.41) is 19.1. The lowest BCUT2D eigenvalue weighted by Gasteiger charge is -2.03. The van der Waals surface area contributed by atoms with Crippen LogP contribution in [0, 0.1) is 5.41 Å². The van der Waals surface area contributed by atoms with E-state index in [1.54, 1.807) is 24.3 Å². The molecule has 6 N–H and O–H groups in total. The average Bonchev–Trinajstić information content (AvgIpc) is 2.28. The predicted molar refractivity (Wildman–Crippen MR) is 65.8 cm³/mol. The lowest BCUT2D eigenvalue weighted by molar-refractivity contribution is -0.131. The van der Waals surface area contributed by atoms with Gasteiger partial charge in [0.15, 0.2) is 0 Å². The predicted octanol–water partition coefficient (Wildman–Crippen LogP) is 0.383. The van der Waals surface area contributed by atoms with E-state index in [2.05, 4.69) is 5.10 Å². The van der Waals surface area contributed by atoms with E-state index in [-0.39, 0.29) is 11.5 Å². The number of nitrogens with one attached hydrogen (secondary N) is 1. The topological polar surface area (TPSA) is 126 Å². The maximum atomic E-state index is 10.3. The first-order valence-electron chi connectivity index (χ1n) is 4.68. The van der Waals surface area contributed by atoms with E-state index in [9.17, 15) is 4.79 Å². The first-order chi connectivity index (χ1) is 8.04. The van der Waals surface area contributed by atoms with Crippen LogP contribution in [0.25, 0.3) is 6.08 Å². The zero-order valence-corrected chi connectivity index (χ0v) is 8.92. The van der Waals surface area contributed by atoms with E-state index in [1.165, 1.54) is 6.08 Å². The number of benzene rings is 1. The Labute approximate surface area is 97.8 Å². The van der Waals surface area contributed by atoms with Crippen LogP contribution in [0.2, 0.25) is 0 Å². The molecule has 0 heterocycles. The Morgan fingerprint density at radius 3 is 2.35 bits per heavy atom. The largest absolute Gasteiger partial charge is 0.478 e. The summed E-state index contributed by atoms with van der Waals surface area (Å²) in [5.41, 5.74) is 6.81. The molecule has 6 heteroatoms. The Bertz CT molecular complexity index is 489. The standard InChI is InChI=1S/C11H12N4O2/c12-11(13)10(15-14)8-4-1-7(2-5-8)3-6-9(16)17/h1-6H,14H2,(H3,12,13)(H,16,17). The molecule has 0 aliphatic carbocycles. The third-order valence-electron chi connectivity index (χ3n) is 1.99. The van der Waals surface area contributed by atoms with Crippen molar-refractivity contribution in [3.8, 4) is 0 Å². The van der Waals surface area contributed by atoms with Crippen molar-refractivity contribution in [3.05, 3.63) is 41.5 Å². The quantitative estimate of drug-likeness (QED) is 0.197. The molecule has 17 heavy (non-hydrogen) atoms.